The molecule has 4 rings (SSSR count). The van der Waals surface area contributed by atoms with Gasteiger partial charge in [-0.3, -0.25) is 4.57 Å². The topological polar surface area (TPSA) is 183 Å². The fourth-order valence-electron chi connectivity index (χ4n) is 3.93. The number of nitriles is 1. The van der Waals surface area contributed by atoms with Crippen molar-refractivity contribution in [3.63, 3.8) is 0 Å². The molecule has 35 heavy (non-hydrogen) atoms. The highest BCUT2D eigenvalue weighted by atomic mass is 31.2. The van der Waals surface area contributed by atoms with Crippen LogP contribution in [0, 0.1) is 18.3 Å². The summed E-state index contributed by atoms with van der Waals surface area (Å²) < 4.78 is 23.2. The molecule has 3 heterocycles. The van der Waals surface area contributed by atoms with Crippen LogP contribution in [-0.2, 0) is 14.0 Å². The van der Waals surface area contributed by atoms with Crippen LogP contribution in [0.2, 0.25) is 0 Å². The molecule has 0 bridgehead atoms. The van der Waals surface area contributed by atoms with E-state index in [0.29, 0.717) is 16.9 Å². The summed E-state index contributed by atoms with van der Waals surface area (Å²) in [5.74, 6) is 0.332. The number of benzene rings is 1. The predicted molar refractivity (Wildman–Crippen MR) is 124 cm³/mol. The maximum absolute atomic E-state index is 11.0. The lowest BCUT2D eigenvalue weighted by Gasteiger charge is -2.19. The van der Waals surface area contributed by atoms with Crippen molar-refractivity contribution in [2.75, 3.05) is 18.3 Å². The molecule has 0 saturated carbocycles. The lowest BCUT2D eigenvalue weighted by molar-refractivity contribution is -0.0610. The summed E-state index contributed by atoms with van der Waals surface area (Å²) in [6.45, 7) is 3.63. The molecule has 1 aromatic carbocycles. The van der Waals surface area contributed by atoms with Crippen molar-refractivity contribution in [3.8, 4) is 6.07 Å². The quantitative estimate of drug-likeness (QED) is 0.281. The van der Waals surface area contributed by atoms with Crippen molar-refractivity contribution in [1.82, 2.24) is 14.5 Å². The minimum atomic E-state index is -4.39. The number of fused-ring (bicyclic) bond motifs is 1. The van der Waals surface area contributed by atoms with E-state index in [0.717, 1.165) is 11.1 Å². The van der Waals surface area contributed by atoms with Gasteiger partial charge in [0.15, 0.2) is 6.23 Å². The van der Waals surface area contributed by atoms with Gasteiger partial charge in [0.05, 0.1) is 12.0 Å². The Morgan fingerprint density at radius 3 is 2.60 bits per heavy atom. The maximum Gasteiger partial charge on any atom is 0.350 e. The van der Waals surface area contributed by atoms with Gasteiger partial charge < -0.3 is 39.4 Å². The van der Waals surface area contributed by atoms with Gasteiger partial charge in [-0.05, 0) is 25.5 Å². The van der Waals surface area contributed by atoms with E-state index in [-0.39, 0.29) is 18.5 Å². The Balaban J connectivity index is 1.60. The molecule has 5 N–H and O–H groups in total. The summed E-state index contributed by atoms with van der Waals surface area (Å²) >= 11 is 0. The van der Waals surface area contributed by atoms with Crippen molar-refractivity contribution in [3.05, 3.63) is 53.5 Å². The standard InChI is InChI=1S/C22H26N5O7P/c1-12-3-5-14(6-4-12)13(2)24-20-15-7-8-27(21(15)26-17(9-23)25-20)22-19(29)18(28)16(34-22)10-33-11-35(30,31)32/h3-8,13,16,18-19,22,28-29H,10-11H2,1-2H3,(H,24,25,26)(H2,30,31,32)/t13?,16-,18-,19-,22-/m1/s1. The van der Waals surface area contributed by atoms with Crippen LogP contribution in [0.25, 0.3) is 11.0 Å². The van der Waals surface area contributed by atoms with Crippen LogP contribution in [-0.4, -0.2) is 65.8 Å². The van der Waals surface area contributed by atoms with E-state index in [9.17, 15) is 20.0 Å². The van der Waals surface area contributed by atoms with Crippen molar-refractivity contribution < 1.29 is 34.0 Å². The third-order valence-corrected chi connectivity index (χ3v) is 6.27. The third kappa shape index (κ3) is 5.52. The Hall–Kier alpha value is -2.88. The highest BCUT2D eigenvalue weighted by molar-refractivity contribution is 7.51. The number of aromatic nitrogens is 3. The Labute approximate surface area is 200 Å². The summed E-state index contributed by atoms with van der Waals surface area (Å²) in [7, 11) is -4.39. The molecule has 13 heteroatoms. The lowest BCUT2D eigenvalue weighted by Crippen LogP contribution is -2.33. The maximum atomic E-state index is 11.0. The van der Waals surface area contributed by atoms with Crippen LogP contribution in [0.3, 0.4) is 0 Å². The van der Waals surface area contributed by atoms with Crippen LogP contribution < -0.4 is 5.32 Å². The molecule has 1 aliphatic rings. The minimum Gasteiger partial charge on any atom is -0.387 e. The summed E-state index contributed by atoms with van der Waals surface area (Å²) in [5, 5.41) is 34.4. The average molecular weight is 503 g/mol. The van der Waals surface area contributed by atoms with Crippen LogP contribution in [0.1, 0.15) is 36.1 Å². The minimum absolute atomic E-state index is 0.0920. The number of nitrogens with one attached hydrogen (secondary N) is 1. The van der Waals surface area contributed by atoms with Crippen LogP contribution in [0.4, 0.5) is 5.82 Å². The highest BCUT2D eigenvalue weighted by Gasteiger charge is 2.44. The van der Waals surface area contributed by atoms with E-state index in [1.807, 2.05) is 44.2 Å². The van der Waals surface area contributed by atoms with Gasteiger partial charge in [0.1, 0.15) is 42.2 Å². The second-order valence-corrected chi connectivity index (χ2v) is 10.0. The number of hydrogen-bond acceptors (Lipinski definition) is 9. The summed E-state index contributed by atoms with van der Waals surface area (Å²) in [5.41, 5.74) is 2.47. The van der Waals surface area contributed by atoms with Crippen molar-refractivity contribution >= 4 is 24.4 Å². The normalized spacial score (nSPS) is 23.3. The SMILES string of the molecule is Cc1ccc(C(C)Nc2nc(C#N)nc3c2ccn3[C@@H]2O[C@H](COCP(=O)(O)O)[C@@H](O)[C@H]2O)cc1. The first kappa shape index (κ1) is 25.2. The molecule has 1 aliphatic heterocycles. The largest absolute Gasteiger partial charge is 0.387 e. The van der Waals surface area contributed by atoms with Crippen LogP contribution in [0.15, 0.2) is 36.5 Å². The molecule has 0 radical (unpaired) electrons. The zero-order valence-corrected chi connectivity index (χ0v) is 19.9. The Morgan fingerprint density at radius 2 is 1.94 bits per heavy atom. The molecule has 2 aromatic heterocycles. The number of aliphatic hydroxyl groups excluding tert-OH is 2. The second-order valence-electron chi connectivity index (χ2n) is 8.46. The van der Waals surface area contributed by atoms with Gasteiger partial charge >= 0.3 is 7.60 Å². The molecule has 186 valence electrons. The lowest BCUT2D eigenvalue weighted by atomic mass is 10.1. The number of hydrogen-bond donors (Lipinski definition) is 5. The van der Waals surface area contributed by atoms with Crippen molar-refractivity contribution in [2.45, 2.75) is 44.4 Å². The predicted octanol–water partition coefficient (Wildman–Crippen LogP) is 1.56. The summed E-state index contributed by atoms with van der Waals surface area (Å²) in [4.78, 5) is 26.5. The van der Waals surface area contributed by atoms with Gasteiger partial charge in [0.25, 0.3) is 0 Å². The van der Waals surface area contributed by atoms with E-state index in [1.54, 1.807) is 12.3 Å². The molecule has 0 amide bonds. The van der Waals surface area contributed by atoms with Gasteiger partial charge in [0.2, 0.25) is 5.82 Å². The molecule has 1 saturated heterocycles. The highest BCUT2D eigenvalue weighted by Crippen LogP contribution is 2.36. The fourth-order valence-corrected chi connectivity index (χ4v) is 4.27. The van der Waals surface area contributed by atoms with Gasteiger partial charge in [-0.2, -0.15) is 5.26 Å². The van der Waals surface area contributed by atoms with E-state index >= 15 is 0 Å². The van der Waals surface area contributed by atoms with Gasteiger partial charge in [-0.1, -0.05) is 29.8 Å². The van der Waals surface area contributed by atoms with E-state index < -0.39 is 38.5 Å². The van der Waals surface area contributed by atoms with E-state index in [2.05, 4.69) is 15.3 Å². The smallest absolute Gasteiger partial charge is 0.350 e. The molecule has 1 fully saturated rings. The number of aliphatic hydroxyl groups is 2. The second kappa shape index (κ2) is 10.0. The fraction of sp³-hybridized carbons (Fsp3) is 0.409. The monoisotopic (exact) mass is 503 g/mol. The molecule has 3 aromatic rings. The summed E-state index contributed by atoms with van der Waals surface area (Å²) in [6.07, 6.45) is -4.09. The zero-order chi connectivity index (χ0) is 25.3. The first-order valence-corrected chi connectivity index (χ1v) is 12.6. The molecule has 0 spiro atoms. The number of rotatable bonds is 8. The van der Waals surface area contributed by atoms with Gasteiger partial charge in [0, 0.05) is 12.2 Å². The average Bonchev–Trinajstić information content (AvgIpc) is 3.35. The molecular formula is C22H26N5O7P. The van der Waals surface area contributed by atoms with Crippen LogP contribution >= 0.6 is 7.60 Å². The zero-order valence-electron chi connectivity index (χ0n) is 19.0. The first-order chi connectivity index (χ1) is 16.6. The molecule has 12 nitrogen and oxygen atoms in total. The van der Waals surface area contributed by atoms with Gasteiger partial charge in [-0.25, -0.2) is 9.97 Å². The molecule has 5 atom stereocenters. The number of ether oxygens (including phenoxy) is 2. The number of nitrogens with zero attached hydrogens (tertiary/aromatic N) is 4. The number of anilines is 1. The molecular weight excluding hydrogens is 477 g/mol. The summed E-state index contributed by atoms with van der Waals surface area (Å²) in [6, 6.07) is 11.5. The molecule has 0 aliphatic carbocycles. The Bertz CT molecular complexity index is 1290. The van der Waals surface area contributed by atoms with Crippen LogP contribution in [0.5, 0.6) is 0 Å². The third-order valence-electron chi connectivity index (χ3n) is 5.76. The van der Waals surface area contributed by atoms with Crippen molar-refractivity contribution in [1.29, 1.82) is 5.26 Å². The van der Waals surface area contributed by atoms with Crippen molar-refractivity contribution in [2.24, 2.45) is 0 Å². The Morgan fingerprint density at radius 1 is 1.23 bits per heavy atom. The van der Waals surface area contributed by atoms with E-state index in [4.69, 9.17) is 19.3 Å². The van der Waals surface area contributed by atoms with E-state index in [1.165, 1.54) is 4.57 Å². The Kier molecular flexibility index (Phi) is 7.21. The molecule has 1 unspecified atom stereocenters. The number of aryl methyl sites for hydroxylation is 1. The van der Waals surface area contributed by atoms with Gasteiger partial charge in [-0.15, -0.1) is 0 Å². The first-order valence-electron chi connectivity index (χ1n) is 10.8.